The summed E-state index contributed by atoms with van der Waals surface area (Å²) in [7, 11) is 2.17. The maximum absolute atomic E-state index is 6.12. The maximum atomic E-state index is 6.12. The minimum atomic E-state index is 0.386. The molecule has 108 valence electrons. The lowest BCUT2D eigenvalue weighted by molar-refractivity contribution is 0.309. The van der Waals surface area contributed by atoms with Crippen LogP contribution < -0.4 is 0 Å². The summed E-state index contributed by atoms with van der Waals surface area (Å²) in [5.41, 5.74) is 1.85. The highest BCUT2D eigenvalue weighted by molar-refractivity contribution is 6.42. The van der Waals surface area contributed by atoms with E-state index in [1.807, 2.05) is 6.07 Å². The van der Waals surface area contributed by atoms with Crippen molar-refractivity contribution in [3.05, 3.63) is 28.0 Å². The fourth-order valence-electron chi connectivity index (χ4n) is 2.48. The van der Waals surface area contributed by atoms with Crippen LogP contribution in [0.5, 0.6) is 0 Å². The summed E-state index contributed by atoms with van der Waals surface area (Å²) >= 11 is 18.2. The number of fused-ring (bicyclic) bond motifs is 1. The molecule has 0 aliphatic heterocycles. The number of aromatic nitrogens is 2. The van der Waals surface area contributed by atoms with Gasteiger partial charge in [0.15, 0.2) is 0 Å². The van der Waals surface area contributed by atoms with Crippen molar-refractivity contribution < 1.29 is 0 Å². The van der Waals surface area contributed by atoms with Gasteiger partial charge in [-0.25, -0.2) is 4.98 Å². The van der Waals surface area contributed by atoms with E-state index in [0.29, 0.717) is 15.9 Å². The van der Waals surface area contributed by atoms with Crippen LogP contribution in [0.3, 0.4) is 0 Å². The molecule has 0 saturated heterocycles. The molecule has 1 aromatic carbocycles. The molecule has 1 heterocycles. The lowest BCUT2D eigenvalue weighted by atomic mass is 10.3. The number of imidazole rings is 1. The third-order valence-electron chi connectivity index (χ3n) is 3.84. The van der Waals surface area contributed by atoms with Crippen molar-refractivity contribution in [1.29, 1.82) is 0 Å². The van der Waals surface area contributed by atoms with Gasteiger partial charge < -0.3 is 9.47 Å². The third kappa shape index (κ3) is 2.77. The molecule has 1 aliphatic carbocycles. The average Bonchev–Trinajstić information content (AvgIpc) is 3.21. The molecular formula is C14H16Cl3N3. The summed E-state index contributed by atoms with van der Waals surface area (Å²) in [6.45, 7) is 1.85. The van der Waals surface area contributed by atoms with Gasteiger partial charge in [-0.1, -0.05) is 23.2 Å². The molecule has 0 atom stereocenters. The van der Waals surface area contributed by atoms with Gasteiger partial charge in [-0.3, -0.25) is 0 Å². The van der Waals surface area contributed by atoms with Gasteiger partial charge in [0.2, 0.25) is 0 Å². The molecule has 0 amide bonds. The number of nitrogens with zero attached hydrogens (tertiary/aromatic N) is 3. The van der Waals surface area contributed by atoms with Gasteiger partial charge in [0, 0.05) is 19.1 Å². The second-order valence-corrected chi connectivity index (χ2v) is 6.36. The SMILES string of the molecule is CN(CCn1c(CCl)nc2cc(Cl)c(Cl)cc21)C1CC1. The number of likely N-dealkylation sites (N-methyl/N-ethyl adjacent to an activating group) is 1. The van der Waals surface area contributed by atoms with Crippen LogP contribution in [0.4, 0.5) is 0 Å². The van der Waals surface area contributed by atoms with Crippen LogP contribution in [0.15, 0.2) is 12.1 Å². The van der Waals surface area contributed by atoms with Crippen LogP contribution in [0.1, 0.15) is 18.7 Å². The first-order chi connectivity index (χ1) is 9.60. The van der Waals surface area contributed by atoms with Crippen LogP contribution in [0.2, 0.25) is 10.0 Å². The molecule has 20 heavy (non-hydrogen) atoms. The number of alkyl halides is 1. The minimum absolute atomic E-state index is 0.386. The molecule has 0 N–H and O–H groups in total. The molecule has 3 nitrogen and oxygen atoms in total. The van der Waals surface area contributed by atoms with Crippen molar-refractivity contribution in [3.8, 4) is 0 Å². The predicted octanol–water partition coefficient (Wildman–Crippen LogP) is 4.18. The van der Waals surface area contributed by atoms with Gasteiger partial charge in [0.1, 0.15) is 5.82 Å². The summed E-state index contributed by atoms with van der Waals surface area (Å²) in [6, 6.07) is 4.43. The van der Waals surface area contributed by atoms with Gasteiger partial charge in [0.25, 0.3) is 0 Å². The Morgan fingerprint density at radius 2 is 2.00 bits per heavy atom. The summed E-state index contributed by atoms with van der Waals surface area (Å²) in [4.78, 5) is 6.93. The van der Waals surface area contributed by atoms with Crippen LogP contribution in [0, 0.1) is 0 Å². The number of benzene rings is 1. The molecule has 1 aliphatic rings. The van der Waals surface area contributed by atoms with Gasteiger partial charge >= 0.3 is 0 Å². The van der Waals surface area contributed by atoms with Gasteiger partial charge in [-0.2, -0.15) is 0 Å². The summed E-state index contributed by atoms with van der Waals surface area (Å²) in [5, 5.41) is 1.08. The lowest BCUT2D eigenvalue weighted by Gasteiger charge is -2.17. The molecule has 0 radical (unpaired) electrons. The Morgan fingerprint density at radius 3 is 2.65 bits per heavy atom. The summed E-state index contributed by atoms with van der Waals surface area (Å²) in [6.07, 6.45) is 2.62. The first-order valence-electron chi connectivity index (χ1n) is 6.70. The topological polar surface area (TPSA) is 21.1 Å². The molecule has 1 fully saturated rings. The number of halogens is 3. The monoisotopic (exact) mass is 331 g/mol. The van der Waals surface area contributed by atoms with E-state index in [1.165, 1.54) is 12.8 Å². The van der Waals surface area contributed by atoms with E-state index < -0.39 is 0 Å². The van der Waals surface area contributed by atoms with E-state index in [9.17, 15) is 0 Å². The number of rotatable bonds is 5. The Morgan fingerprint density at radius 1 is 1.30 bits per heavy atom. The average molecular weight is 333 g/mol. The minimum Gasteiger partial charge on any atom is -0.326 e. The molecule has 6 heteroatoms. The largest absolute Gasteiger partial charge is 0.326 e. The maximum Gasteiger partial charge on any atom is 0.124 e. The summed E-state index contributed by atoms with van der Waals surface area (Å²) in [5.74, 6) is 1.25. The van der Waals surface area contributed by atoms with E-state index in [-0.39, 0.29) is 0 Å². The van der Waals surface area contributed by atoms with Crippen LogP contribution in [-0.2, 0) is 12.4 Å². The van der Waals surface area contributed by atoms with Crippen molar-refractivity contribution in [2.75, 3.05) is 13.6 Å². The first kappa shape index (κ1) is 14.5. The Labute approximate surface area is 133 Å². The molecule has 3 rings (SSSR count). The van der Waals surface area contributed by atoms with E-state index in [4.69, 9.17) is 34.8 Å². The quantitative estimate of drug-likeness (QED) is 0.766. The normalized spacial score (nSPS) is 15.4. The van der Waals surface area contributed by atoms with E-state index in [2.05, 4.69) is 21.5 Å². The summed E-state index contributed by atoms with van der Waals surface area (Å²) < 4.78 is 2.14. The Balaban J connectivity index is 1.92. The zero-order chi connectivity index (χ0) is 14.3. The lowest BCUT2D eigenvalue weighted by Crippen LogP contribution is -2.25. The highest BCUT2D eigenvalue weighted by Crippen LogP contribution is 2.29. The van der Waals surface area contributed by atoms with Crippen molar-refractivity contribution in [2.45, 2.75) is 31.3 Å². The fourth-order valence-corrected chi connectivity index (χ4v) is 3.00. The highest BCUT2D eigenvalue weighted by atomic mass is 35.5. The highest BCUT2D eigenvalue weighted by Gasteiger charge is 2.25. The Hall–Kier alpha value is -0.480. The van der Waals surface area contributed by atoms with Gasteiger partial charge in [0.05, 0.1) is 27.0 Å². The van der Waals surface area contributed by atoms with Crippen molar-refractivity contribution in [3.63, 3.8) is 0 Å². The Kier molecular flexibility index (Phi) is 4.14. The molecule has 1 saturated carbocycles. The van der Waals surface area contributed by atoms with Gasteiger partial charge in [-0.15, -0.1) is 11.6 Å². The third-order valence-corrected chi connectivity index (χ3v) is 4.80. The Bertz CT molecular complexity index is 634. The standard InChI is InChI=1S/C14H16Cl3N3/c1-19(9-2-3-9)4-5-20-13-7-11(17)10(16)6-12(13)18-14(20)8-15/h6-7,9H,2-5,8H2,1H3. The second kappa shape index (κ2) is 5.72. The fraction of sp³-hybridized carbons (Fsp3) is 0.500. The molecule has 0 bridgehead atoms. The van der Waals surface area contributed by atoms with Crippen molar-refractivity contribution in [2.24, 2.45) is 0 Å². The van der Waals surface area contributed by atoms with Crippen LogP contribution in [0.25, 0.3) is 11.0 Å². The van der Waals surface area contributed by atoms with Crippen molar-refractivity contribution >= 4 is 45.8 Å². The van der Waals surface area contributed by atoms with E-state index >= 15 is 0 Å². The van der Waals surface area contributed by atoms with Gasteiger partial charge in [-0.05, 0) is 32.0 Å². The number of hydrogen-bond donors (Lipinski definition) is 0. The molecule has 1 aromatic heterocycles. The number of hydrogen-bond acceptors (Lipinski definition) is 2. The molecule has 0 spiro atoms. The zero-order valence-corrected chi connectivity index (χ0v) is 13.5. The van der Waals surface area contributed by atoms with Crippen LogP contribution in [-0.4, -0.2) is 34.1 Å². The molecule has 0 unspecified atom stereocenters. The second-order valence-electron chi connectivity index (χ2n) is 5.28. The van der Waals surface area contributed by atoms with E-state index in [1.54, 1.807) is 6.07 Å². The molecule has 2 aromatic rings. The van der Waals surface area contributed by atoms with E-state index in [0.717, 1.165) is 36.0 Å². The van der Waals surface area contributed by atoms with Crippen LogP contribution >= 0.6 is 34.8 Å². The van der Waals surface area contributed by atoms with Crippen molar-refractivity contribution in [1.82, 2.24) is 14.5 Å². The smallest absolute Gasteiger partial charge is 0.124 e. The zero-order valence-electron chi connectivity index (χ0n) is 11.2. The first-order valence-corrected chi connectivity index (χ1v) is 7.99. The predicted molar refractivity (Wildman–Crippen MR) is 85.0 cm³/mol. The molecular weight excluding hydrogens is 317 g/mol.